The Morgan fingerprint density at radius 2 is 2.00 bits per heavy atom. The second-order valence-electron chi connectivity index (χ2n) is 4.77. The van der Waals surface area contributed by atoms with Crippen LogP contribution in [0.25, 0.3) is 0 Å². The summed E-state index contributed by atoms with van der Waals surface area (Å²) in [6, 6.07) is 7.29. The first kappa shape index (κ1) is 16.7. The molecule has 0 fully saturated rings. The third-order valence-electron chi connectivity index (χ3n) is 2.47. The van der Waals surface area contributed by atoms with Crippen LogP contribution in [0.5, 0.6) is 5.75 Å². The zero-order valence-electron chi connectivity index (χ0n) is 12.6. The van der Waals surface area contributed by atoms with Gasteiger partial charge < -0.3 is 10.1 Å². The minimum atomic E-state index is -0.791. The molecule has 0 saturated heterocycles. The van der Waals surface area contributed by atoms with E-state index in [2.05, 4.69) is 15.8 Å². The van der Waals surface area contributed by atoms with Crippen LogP contribution in [0.1, 0.15) is 26.3 Å². The second-order valence-corrected chi connectivity index (χ2v) is 4.77. The Bertz CT molecular complexity index is 513. The van der Waals surface area contributed by atoms with Crippen LogP contribution in [0.2, 0.25) is 0 Å². The first-order chi connectivity index (χ1) is 10.0. The van der Waals surface area contributed by atoms with Crippen molar-refractivity contribution in [3.8, 4) is 5.75 Å². The SMILES string of the molecule is CCOc1ccccc1/C=N/NC(=O)C(=O)NCC(C)C. The quantitative estimate of drug-likeness (QED) is 0.471. The highest BCUT2D eigenvalue weighted by atomic mass is 16.5. The van der Waals surface area contributed by atoms with E-state index in [1.54, 1.807) is 6.07 Å². The number of amides is 2. The van der Waals surface area contributed by atoms with Crippen LogP contribution in [-0.4, -0.2) is 31.2 Å². The molecule has 0 saturated carbocycles. The van der Waals surface area contributed by atoms with Crippen LogP contribution in [0.15, 0.2) is 29.4 Å². The number of hydrogen-bond donors (Lipinski definition) is 2. The van der Waals surface area contributed by atoms with Crippen molar-refractivity contribution in [3.05, 3.63) is 29.8 Å². The van der Waals surface area contributed by atoms with Crippen LogP contribution >= 0.6 is 0 Å². The number of nitrogens with zero attached hydrogens (tertiary/aromatic N) is 1. The Balaban J connectivity index is 2.54. The summed E-state index contributed by atoms with van der Waals surface area (Å²) in [4.78, 5) is 22.9. The summed E-state index contributed by atoms with van der Waals surface area (Å²) in [5.74, 6) is -0.537. The Morgan fingerprint density at radius 3 is 2.67 bits per heavy atom. The van der Waals surface area contributed by atoms with E-state index in [0.29, 0.717) is 18.9 Å². The molecule has 0 spiro atoms. The van der Waals surface area contributed by atoms with Gasteiger partial charge in [0.05, 0.1) is 12.8 Å². The molecule has 0 atom stereocenters. The van der Waals surface area contributed by atoms with Crippen molar-refractivity contribution in [3.63, 3.8) is 0 Å². The molecule has 114 valence electrons. The Morgan fingerprint density at radius 1 is 1.29 bits per heavy atom. The molecule has 0 unspecified atom stereocenters. The van der Waals surface area contributed by atoms with Crippen molar-refractivity contribution in [2.75, 3.05) is 13.2 Å². The van der Waals surface area contributed by atoms with Crippen LogP contribution in [0, 0.1) is 5.92 Å². The molecule has 21 heavy (non-hydrogen) atoms. The van der Waals surface area contributed by atoms with Crippen LogP contribution in [-0.2, 0) is 9.59 Å². The molecule has 0 aliphatic heterocycles. The van der Waals surface area contributed by atoms with E-state index in [1.807, 2.05) is 39.0 Å². The third kappa shape index (κ3) is 6.07. The van der Waals surface area contributed by atoms with E-state index in [4.69, 9.17) is 4.74 Å². The van der Waals surface area contributed by atoms with E-state index in [9.17, 15) is 9.59 Å². The minimum Gasteiger partial charge on any atom is -0.493 e. The first-order valence-corrected chi connectivity index (χ1v) is 6.87. The van der Waals surface area contributed by atoms with E-state index >= 15 is 0 Å². The number of carbonyl (C=O) groups excluding carboxylic acids is 2. The summed E-state index contributed by atoms with van der Waals surface area (Å²) < 4.78 is 5.42. The molecule has 0 bridgehead atoms. The zero-order chi connectivity index (χ0) is 15.7. The maximum Gasteiger partial charge on any atom is 0.329 e. The second kappa shape index (κ2) is 8.73. The fourth-order valence-electron chi connectivity index (χ4n) is 1.46. The van der Waals surface area contributed by atoms with Gasteiger partial charge >= 0.3 is 11.8 Å². The highest BCUT2D eigenvalue weighted by Crippen LogP contribution is 2.15. The van der Waals surface area contributed by atoms with E-state index in [0.717, 1.165) is 5.56 Å². The lowest BCUT2D eigenvalue weighted by Gasteiger charge is -2.07. The molecular formula is C15H21N3O3. The van der Waals surface area contributed by atoms with Gasteiger partial charge in [-0.3, -0.25) is 9.59 Å². The monoisotopic (exact) mass is 291 g/mol. The number of carbonyl (C=O) groups is 2. The van der Waals surface area contributed by atoms with Crippen molar-refractivity contribution in [2.45, 2.75) is 20.8 Å². The number of rotatable bonds is 6. The van der Waals surface area contributed by atoms with Crippen molar-refractivity contribution >= 4 is 18.0 Å². The molecule has 6 heteroatoms. The summed E-state index contributed by atoms with van der Waals surface area (Å²) in [5.41, 5.74) is 2.91. The molecular weight excluding hydrogens is 270 g/mol. The predicted molar refractivity (Wildman–Crippen MR) is 81.2 cm³/mol. The summed E-state index contributed by atoms with van der Waals surface area (Å²) in [5, 5.41) is 6.28. The molecule has 6 nitrogen and oxygen atoms in total. The molecule has 1 aromatic rings. The van der Waals surface area contributed by atoms with Gasteiger partial charge in [0.25, 0.3) is 0 Å². The van der Waals surface area contributed by atoms with Gasteiger partial charge in [-0.05, 0) is 25.0 Å². The normalized spacial score (nSPS) is 10.7. The number of benzene rings is 1. The number of para-hydroxylation sites is 1. The van der Waals surface area contributed by atoms with Gasteiger partial charge in [-0.1, -0.05) is 26.0 Å². The highest BCUT2D eigenvalue weighted by molar-refractivity contribution is 6.35. The van der Waals surface area contributed by atoms with E-state index in [-0.39, 0.29) is 5.92 Å². The van der Waals surface area contributed by atoms with Crippen molar-refractivity contribution in [2.24, 2.45) is 11.0 Å². The lowest BCUT2D eigenvalue weighted by molar-refractivity contribution is -0.139. The maximum atomic E-state index is 11.5. The Hall–Kier alpha value is -2.37. The number of ether oxygens (including phenoxy) is 1. The molecule has 0 heterocycles. The van der Waals surface area contributed by atoms with Crippen LogP contribution in [0.4, 0.5) is 0 Å². The predicted octanol–water partition coefficient (Wildman–Crippen LogP) is 1.31. The van der Waals surface area contributed by atoms with E-state index < -0.39 is 11.8 Å². The lowest BCUT2D eigenvalue weighted by Crippen LogP contribution is -2.39. The summed E-state index contributed by atoms with van der Waals surface area (Å²) in [6.45, 7) is 6.76. The number of hydrogen-bond acceptors (Lipinski definition) is 4. The molecule has 2 amide bonds. The molecule has 0 radical (unpaired) electrons. The van der Waals surface area contributed by atoms with Gasteiger partial charge in [-0.15, -0.1) is 0 Å². The molecule has 0 aliphatic rings. The molecule has 0 aliphatic carbocycles. The van der Waals surface area contributed by atoms with Crippen molar-refractivity contribution in [1.29, 1.82) is 0 Å². The lowest BCUT2D eigenvalue weighted by atomic mass is 10.2. The average molecular weight is 291 g/mol. The number of nitrogens with one attached hydrogen (secondary N) is 2. The van der Waals surface area contributed by atoms with Gasteiger partial charge in [-0.2, -0.15) is 5.10 Å². The maximum absolute atomic E-state index is 11.5. The van der Waals surface area contributed by atoms with Crippen molar-refractivity contribution in [1.82, 2.24) is 10.7 Å². The standard InChI is InChI=1S/C15H21N3O3/c1-4-21-13-8-6-5-7-12(13)10-17-18-15(20)14(19)16-9-11(2)3/h5-8,10-11H,4,9H2,1-3H3,(H,16,19)(H,18,20)/b17-10+. The fraction of sp³-hybridized carbons (Fsp3) is 0.400. The largest absolute Gasteiger partial charge is 0.493 e. The van der Waals surface area contributed by atoms with E-state index in [1.165, 1.54) is 6.21 Å². The van der Waals surface area contributed by atoms with Crippen molar-refractivity contribution < 1.29 is 14.3 Å². The Labute approximate surface area is 124 Å². The smallest absolute Gasteiger partial charge is 0.329 e. The zero-order valence-corrected chi connectivity index (χ0v) is 12.6. The molecule has 1 aromatic carbocycles. The highest BCUT2D eigenvalue weighted by Gasteiger charge is 2.12. The van der Waals surface area contributed by atoms with Gasteiger partial charge in [0.15, 0.2) is 0 Å². The van der Waals surface area contributed by atoms with Gasteiger partial charge in [0, 0.05) is 12.1 Å². The van der Waals surface area contributed by atoms with Gasteiger partial charge in [0.2, 0.25) is 0 Å². The summed E-state index contributed by atoms with van der Waals surface area (Å²) >= 11 is 0. The van der Waals surface area contributed by atoms with Gasteiger partial charge in [-0.25, -0.2) is 5.43 Å². The molecule has 2 N–H and O–H groups in total. The molecule has 0 aromatic heterocycles. The first-order valence-electron chi connectivity index (χ1n) is 6.87. The molecule has 1 rings (SSSR count). The average Bonchev–Trinajstić information content (AvgIpc) is 2.46. The topological polar surface area (TPSA) is 79.8 Å². The minimum absolute atomic E-state index is 0.281. The number of hydrazone groups is 1. The van der Waals surface area contributed by atoms with Crippen LogP contribution < -0.4 is 15.5 Å². The van der Waals surface area contributed by atoms with Gasteiger partial charge in [0.1, 0.15) is 5.75 Å². The summed E-state index contributed by atoms with van der Waals surface area (Å²) in [6.07, 6.45) is 1.44. The van der Waals surface area contributed by atoms with Crippen LogP contribution in [0.3, 0.4) is 0 Å². The third-order valence-corrected chi connectivity index (χ3v) is 2.47. The Kier molecular flexibility index (Phi) is 6.94. The summed E-state index contributed by atoms with van der Waals surface area (Å²) in [7, 11) is 0. The fourth-order valence-corrected chi connectivity index (χ4v) is 1.46.